The van der Waals surface area contributed by atoms with Crippen LogP contribution in [-0.4, -0.2) is 32.8 Å². The fourth-order valence-electron chi connectivity index (χ4n) is 6.05. The number of benzene rings is 3. The van der Waals surface area contributed by atoms with Crippen molar-refractivity contribution in [2.45, 2.75) is 52.1 Å². The second-order valence-electron chi connectivity index (χ2n) is 10.5. The van der Waals surface area contributed by atoms with Gasteiger partial charge < -0.3 is 9.47 Å². The van der Waals surface area contributed by atoms with E-state index < -0.39 is 0 Å². The summed E-state index contributed by atoms with van der Waals surface area (Å²) in [4.78, 5) is 12.0. The lowest BCUT2D eigenvalue weighted by Gasteiger charge is -2.19. The van der Waals surface area contributed by atoms with E-state index in [0.717, 1.165) is 51.8 Å². The number of aryl methyl sites for hydroxylation is 3. The van der Waals surface area contributed by atoms with Crippen molar-refractivity contribution in [2.75, 3.05) is 6.61 Å². The largest absolute Gasteiger partial charge is 0.486 e. The van der Waals surface area contributed by atoms with Gasteiger partial charge in [-0.1, -0.05) is 18.2 Å². The van der Waals surface area contributed by atoms with Gasteiger partial charge >= 0.3 is 5.97 Å². The summed E-state index contributed by atoms with van der Waals surface area (Å²) in [5.41, 5.74) is 8.02. The van der Waals surface area contributed by atoms with Crippen molar-refractivity contribution in [3.05, 3.63) is 82.2 Å². The molecular formula is C31H31FN4O3. The lowest BCUT2D eigenvalue weighted by molar-refractivity contribution is -0.144. The molecule has 1 heterocycles. The number of rotatable bonds is 7. The maximum absolute atomic E-state index is 15.2. The minimum atomic E-state index is -0.358. The normalized spacial score (nSPS) is 19.6. The van der Waals surface area contributed by atoms with Crippen LogP contribution in [0, 0.1) is 25.6 Å². The van der Waals surface area contributed by atoms with E-state index in [1.807, 2.05) is 44.3 Å². The summed E-state index contributed by atoms with van der Waals surface area (Å²) in [5, 5.41) is 11.8. The number of tetrazole rings is 1. The van der Waals surface area contributed by atoms with Gasteiger partial charge in [0.05, 0.1) is 12.5 Å². The van der Waals surface area contributed by atoms with Gasteiger partial charge in [-0.15, -0.1) is 5.10 Å². The number of hydrogen-bond acceptors (Lipinski definition) is 6. The molecule has 0 radical (unpaired) electrons. The molecule has 1 saturated carbocycles. The zero-order chi connectivity index (χ0) is 27.3. The predicted molar refractivity (Wildman–Crippen MR) is 145 cm³/mol. The molecule has 3 atom stereocenters. The number of nitrogens with zero attached hydrogens (tertiary/aromatic N) is 4. The molecule has 2 aliphatic rings. The summed E-state index contributed by atoms with van der Waals surface area (Å²) in [7, 11) is 1.82. The highest BCUT2D eigenvalue weighted by molar-refractivity contribution is 5.79. The van der Waals surface area contributed by atoms with Crippen molar-refractivity contribution in [1.82, 2.24) is 20.2 Å². The molecular weight excluding hydrogens is 495 g/mol. The summed E-state index contributed by atoms with van der Waals surface area (Å²) in [6.07, 6.45) is 1.91. The number of aromatic nitrogens is 4. The number of halogens is 1. The molecule has 0 bridgehead atoms. The van der Waals surface area contributed by atoms with Gasteiger partial charge in [-0.2, -0.15) is 0 Å². The molecule has 0 amide bonds. The van der Waals surface area contributed by atoms with Gasteiger partial charge in [0, 0.05) is 18.2 Å². The fourth-order valence-corrected chi connectivity index (χ4v) is 6.05. The molecule has 0 N–H and O–H groups in total. The SMILES string of the molecule is CCOC(=O)[C@H]1C[C@@H]1c1ccc(O[C@@H]2CCc3c(-c4c(C)cc(-c5nnnn5C)cc4C)ccc(F)c32)cc1. The molecule has 1 fully saturated rings. The van der Waals surface area contributed by atoms with Crippen molar-refractivity contribution in [1.29, 1.82) is 0 Å². The smallest absolute Gasteiger partial charge is 0.309 e. The maximum Gasteiger partial charge on any atom is 0.309 e. The first-order valence-corrected chi connectivity index (χ1v) is 13.4. The van der Waals surface area contributed by atoms with E-state index in [9.17, 15) is 4.79 Å². The highest BCUT2D eigenvalue weighted by atomic mass is 19.1. The number of hydrogen-bond donors (Lipinski definition) is 0. The zero-order valence-electron chi connectivity index (χ0n) is 22.6. The van der Waals surface area contributed by atoms with Crippen LogP contribution in [0.1, 0.15) is 59.6 Å². The quantitative estimate of drug-likeness (QED) is 0.274. The Kier molecular flexibility index (Phi) is 6.41. The molecule has 0 saturated heterocycles. The first-order valence-electron chi connectivity index (χ1n) is 13.4. The van der Waals surface area contributed by atoms with Gasteiger partial charge in [0.15, 0.2) is 5.82 Å². The van der Waals surface area contributed by atoms with Crippen LogP contribution in [-0.2, 0) is 23.0 Å². The molecule has 0 unspecified atom stereocenters. The van der Waals surface area contributed by atoms with E-state index in [1.165, 1.54) is 0 Å². The minimum absolute atomic E-state index is 0.0519. The molecule has 6 rings (SSSR count). The molecule has 0 spiro atoms. The number of fused-ring (bicyclic) bond motifs is 1. The van der Waals surface area contributed by atoms with Crippen LogP contribution < -0.4 is 4.74 Å². The third-order valence-electron chi connectivity index (χ3n) is 7.93. The Morgan fingerprint density at radius 3 is 2.51 bits per heavy atom. The summed E-state index contributed by atoms with van der Waals surface area (Å²) in [6, 6.07) is 15.5. The van der Waals surface area contributed by atoms with Crippen LogP contribution in [0.4, 0.5) is 4.39 Å². The van der Waals surface area contributed by atoms with Gasteiger partial charge in [-0.05, 0) is 120 Å². The molecule has 3 aromatic carbocycles. The Balaban J connectivity index is 1.25. The van der Waals surface area contributed by atoms with E-state index in [2.05, 4.69) is 41.5 Å². The van der Waals surface area contributed by atoms with Crippen LogP contribution in [0.3, 0.4) is 0 Å². The molecule has 39 heavy (non-hydrogen) atoms. The van der Waals surface area contributed by atoms with Crippen LogP contribution in [0.15, 0.2) is 48.5 Å². The molecule has 200 valence electrons. The van der Waals surface area contributed by atoms with Crippen molar-refractivity contribution in [3.8, 4) is 28.3 Å². The second kappa shape index (κ2) is 9.91. The first-order chi connectivity index (χ1) is 18.9. The van der Waals surface area contributed by atoms with Crippen LogP contribution in [0.25, 0.3) is 22.5 Å². The number of carbonyl (C=O) groups excluding carboxylic acids is 1. The van der Waals surface area contributed by atoms with E-state index in [0.29, 0.717) is 30.2 Å². The van der Waals surface area contributed by atoms with E-state index >= 15 is 4.39 Å². The van der Waals surface area contributed by atoms with Crippen LogP contribution in [0.5, 0.6) is 5.75 Å². The van der Waals surface area contributed by atoms with Crippen molar-refractivity contribution in [3.63, 3.8) is 0 Å². The Bertz CT molecular complexity index is 1540. The third-order valence-corrected chi connectivity index (χ3v) is 7.93. The summed E-state index contributed by atoms with van der Waals surface area (Å²) in [6.45, 7) is 6.37. The lowest BCUT2D eigenvalue weighted by atomic mass is 9.89. The van der Waals surface area contributed by atoms with Gasteiger partial charge in [0.25, 0.3) is 0 Å². The highest BCUT2D eigenvalue weighted by Gasteiger charge is 2.45. The Hall–Kier alpha value is -4.07. The summed E-state index contributed by atoms with van der Waals surface area (Å²) < 4.78 is 28.4. The van der Waals surface area contributed by atoms with Crippen molar-refractivity contribution < 1.29 is 18.7 Å². The lowest BCUT2D eigenvalue weighted by Crippen LogP contribution is -2.07. The topological polar surface area (TPSA) is 79.1 Å². The average Bonchev–Trinajstić information content (AvgIpc) is 3.42. The minimum Gasteiger partial charge on any atom is -0.486 e. The highest BCUT2D eigenvalue weighted by Crippen LogP contribution is 2.49. The molecule has 4 aromatic rings. The van der Waals surface area contributed by atoms with Gasteiger partial charge in [-0.25, -0.2) is 9.07 Å². The molecule has 8 heteroatoms. The third kappa shape index (κ3) is 4.58. The van der Waals surface area contributed by atoms with Gasteiger partial charge in [-0.3, -0.25) is 4.79 Å². The number of ether oxygens (including phenoxy) is 2. The Morgan fingerprint density at radius 2 is 1.85 bits per heavy atom. The summed E-state index contributed by atoms with van der Waals surface area (Å²) >= 11 is 0. The van der Waals surface area contributed by atoms with Crippen molar-refractivity contribution in [2.24, 2.45) is 13.0 Å². The zero-order valence-corrected chi connectivity index (χ0v) is 22.6. The second-order valence-corrected chi connectivity index (χ2v) is 10.5. The number of esters is 1. The standard InChI is InChI=1S/C31H31FN4O3/c1-5-38-31(37)25-16-24(25)19-6-8-21(9-7-19)39-27-13-11-23-22(10-12-26(32)29(23)27)28-17(2)14-20(15-18(28)3)30-33-34-35-36(30)4/h6-10,12,14-15,24-25,27H,5,11,13,16H2,1-4H3/t24-,25+,27-/m1/s1. The van der Waals surface area contributed by atoms with E-state index in [-0.39, 0.29) is 29.7 Å². The fraction of sp³-hybridized carbons (Fsp3) is 0.355. The van der Waals surface area contributed by atoms with E-state index in [1.54, 1.807) is 10.7 Å². The number of carbonyl (C=O) groups is 1. The molecule has 2 aliphatic carbocycles. The summed E-state index contributed by atoms with van der Waals surface area (Å²) in [5.74, 6) is 1.19. The first kappa shape index (κ1) is 25.2. The Labute approximate surface area is 227 Å². The molecule has 7 nitrogen and oxygen atoms in total. The van der Waals surface area contributed by atoms with Gasteiger partial charge in [0.2, 0.25) is 0 Å². The van der Waals surface area contributed by atoms with Crippen molar-refractivity contribution >= 4 is 5.97 Å². The van der Waals surface area contributed by atoms with Crippen LogP contribution >= 0.6 is 0 Å². The molecule has 1 aromatic heterocycles. The van der Waals surface area contributed by atoms with E-state index in [4.69, 9.17) is 9.47 Å². The maximum atomic E-state index is 15.2. The average molecular weight is 527 g/mol. The monoisotopic (exact) mass is 526 g/mol. The predicted octanol–water partition coefficient (Wildman–Crippen LogP) is 6.03. The Morgan fingerprint density at radius 1 is 1.10 bits per heavy atom. The van der Waals surface area contributed by atoms with Gasteiger partial charge in [0.1, 0.15) is 17.7 Å². The van der Waals surface area contributed by atoms with Crippen LogP contribution in [0.2, 0.25) is 0 Å². The molecule has 0 aliphatic heterocycles.